The summed E-state index contributed by atoms with van der Waals surface area (Å²) in [6.07, 6.45) is 1.84. The van der Waals surface area contributed by atoms with Crippen molar-refractivity contribution in [2.45, 2.75) is 18.1 Å². The number of halogens is 1. The highest BCUT2D eigenvalue weighted by atomic mass is 32.2. The molecule has 2 N–H and O–H groups in total. The number of aromatic nitrogens is 2. The summed E-state index contributed by atoms with van der Waals surface area (Å²) in [7, 11) is 0. The normalized spacial score (nSPS) is 12.3. The molecule has 96 valence electrons. The number of thioether (sulfide) groups is 1. The van der Waals surface area contributed by atoms with Gasteiger partial charge in [0.1, 0.15) is 17.0 Å². The molecule has 0 spiro atoms. The van der Waals surface area contributed by atoms with Crippen molar-refractivity contribution in [3.8, 4) is 5.75 Å². The molecule has 18 heavy (non-hydrogen) atoms. The van der Waals surface area contributed by atoms with Crippen LogP contribution < -0.4 is 4.74 Å². The van der Waals surface area contributed by atoms with Gasteiger partial charge >= 0.3 is 0 Å². The third-order valence-electron chi connectivity index (χ3n) is 2.22. The van der Waals surface area contributed by atoms with Gasteiger partial charge < -0.3 is 14.7 Å². The maximum atomic E-state index is 13.0. The van der Waals surface area contributed by atoms with E-state index in [9.17, 15) is 4.39 Å². The summed E-state index contributed by atoms with van der Waals surface area (Å²) in [6, 6.07) is 6.14. The second-order valence-electron chi connectivity index (χ2n) is 3.72. The number of H-pyrrole nitrogens is 2. The fraction of sp³-hybridized carbons (Fsp3) is 0.250. The molecule has 0 aliphatic rings. The Hall–Kier alpha value is -1.27. The number of aromatic amines is 2. The standard InChI is InChI=1S/C12H13FN2OS2/c1-8(16-11-4-2-3-9(13)5-11)18-7-10-6-14-12(17)15-10/h2-6,8H,7H2,1H3,(H2,14,15,17). The molecule has 1 aromatic carbocycles. The lowest BCUT2D eigenvalue weighted by molar-refractivity contribution is 0.306. The third kappa shape index (κ3) is 3.89. The highest BCUT2D eigenvalue weighted by Crippen LogP contribution is 2.21. The minimum atomic E-state index is -0.292. The zero-order valence-corrected chi connectivity index (χ0v) is 11.4. The van der Waals surface area contributed by atoms with E-state index in [1.807, 2.05) is 13.1 Å². The number of hydrogen-bond donors (Lipinski definition) is 2. The molecule has 2 rings (SSSR count). The molecule has 1 atom stereocenters. The lowest BCUT2D eigenvalue weighted by atomic mass is 10.3. The zero-order chi connectivity index (χ0) is 13.0. The van der Waals surface area contributed by atoms with E-state index in [4.69, 9.17) is 17.0 Å². The molecule has 0 saturated carbocycles. The van der Waals surface area contributed by atoms with Gasteiger partial charge in [0.05, 0.1) is 0 Å². The van der Waals surface area contributed by atoms with Crippen LogP contribution in [0.15, 0.2) is 30.5 Å². The van der Waals surface area contributed by atoms with E-state index in [0.29, 0.717) is 10.5 Å². The maximum absolute atomic E-state index is 13.0. The van der Waals surface area contributed by atoms with Gasteiger partial charge in [-0.3, -0.25) is 0 Å². The van der Waals surface area contributed by atoms with Gasteiger partial charge in [-0.05, 0) is 31.3 Å². The van der Waals surface area contributed by atoms with Crippen molar-refractivity contribution in [2.75, 3.05) is 0 Å². The number of nitrogens with one attached hydrogen (secondary N) is 2. The van der Waals surface area contributed by atoms with Crippen molar-refractivity contribution >= 4 is 24.0 Å². The van der Waals surface area contributed by atoms with Crippen LogP contribution in [0.5, 0.6) is 5.75 Å². The maximum Gasteiger partial charge on any atom is 0.174 e. The Morgan fingerprint density at radius 2 is 2.33 bits per heavy atom. The van der Waals surface area contributed by atoms with E-state index >= 15 is 0 Å². The van der Waals surface area contributed by atoms with Crippen LogP contribution in [0.25, 0.3) is 0 Å². The molecule has 3 nitrogen and oxygen atoms in total. The SMILES string of the molecule is CC(Oc1cccc(F)c1)SCc1c[nH]c(=S)[nH]1. The Morgan fingerprint density at radius 1 is 1.50 bits per heavy atom. The molecule has 0 aliphatic heterocycles. The lowest BCUT2D eigenvalue weighted by Gasteiger charge is -2.13. The Balaban J connectivity index is 1.85. The Labute approximate surface area is 114 Å². The molecule has 0 saturated heterocycles. The first-order valence-electron chi connectivity index (χ1n) is 5.44. The van der Waals surface area contributed by atoms with Crippen LogP contribution in [-0.4, -0.2) is 15.4 Å². The Kier molecular flexibility index (Phi) is 4.43. The average molecular weight is 284 g/mol. The summed E-state index contributed by atoms with van der Waals surface area (Å²) >= 11 is 6.54. The highest BCUT2D eigenvalue weighted by molar-refractivity contribution is 7.98. The van der Waals surface area contributed by atoms with Crippen molar-refractivity contribution in [1.29, 1.82) is 0 Å². The average Bonchev–Trinajstić information content (AvgIpc) is 2.73. The minimum Gasteiger partial charge on any atom is -0.480 e. The fourth-order valence-corrected chi connectivity index (χ4v) is 2.36. The summed E-state index contributed by atoms with van der Waals surface area (Å²) in [6.45, 7) is 1.93. The Morgan fingerprint density at radius 3 is 3.00 bits per heavy atom. The molecular formula is C12H13FN2OS2. The summed E-state index contributed by atoms with van der Waals surface area (Å²) in [5.41, 5.74) is 0.948. The number of imidazole rings is 1. The lowest BCUT2D eigenvalue weighted by Crippen LogP contribution is -2.07. The van der Waals surface area contributed by atoms with Crippen molar-refractivity contribution in [1.82, 2.24) is 9.97 Å². The summed E-state index contributed by atoms with van der Waals surface area (Å²) < 4.78 is 19.2. The van der Waals surface area contributed by atoms with E-state index in [2.05, 4.69) is 9.97 Å². The first kappa shape index (κ1) is 13.2. The predicted molar refractivity (Wildman–Crippen MR) is 73.8 cm³/mol. The van der Waals surface area contributed by atoms with Gasteiger partial charge in [0.2, 0.25) is 0 Å². The molecule has 1 unspecified atom stereocenters. The van der Waals surface area contributed by atoms with Crippen LogP contribution in [0.2, 0.25) is 0 Å². The second-order valence-corrected chi connectivity index (χ2v) is 5.42. The fourth-order valence-electron chi connectivity index (χ4n) is 1.42. The van der Waals surface area contributed by atoms with Crippen LogP contribution in [0.4, 0.5) is 4.39 Å². The van der Waals surface area contributed by atoms with E-state index in [1.165, 1.54) is 12.1 Å². The molecular weight excluding hydrogens is 271 g/mol. The van der Waals surface area contributed by atoms with Crippen LogP contribution in [0.3, 0.4) is 0 Å². The molecule has 2 aromatic rings. The first-order valence-corrected chi connectivity index (χ1v) is 6.89. The van der Waals surface area contributed by atoms with E-state index in [-0.39, 0.29) is 11.3 Å². The van der Waals surface area contributed by atoms with Gasteiger partial charge in [-0.15, -0.1) is 11.8 Å². The van der Waals surface area contributed by atoms with Gasteiger partial charge in [-0.25, -0.2) is 4.39 Å². The molecule has 0 amide bonds. The third-order valence-corrected chi connectivity index (χ3v) is 3.49. The molecule has 0 bridgehead atoms. The van der Waals surface area contributed by atoms with E-state index < -0.39 is 0 Å². The molecule has 0 aliphatic carbocycles. The van der Waals surface area contributed by atoms with Crippen LogP contribution in [0, 0.1) is 10.6 Å². The molecule has 6 heteroatoms. The van der Waals surface area contributed by atoms with Gasteiger partial charge in [-0.1, -0.05) is 6.07 Å². The summed E-state index contributed by atoms with van der Waals surface area (Å²) in [5, 5.41) is 0. The number of benzene rings is 1. The molecule has 1 heterocycles. The monoisotopic (exact) mass is 284 g/mol. The topological polar surface area (TPSA) is 40.8 Å². The van der Waals surface area contributed by atoms with Gasteiger partial charge in [0.25, 0.3) is 0 Å². The molecule has 1 aromatic heterocycles. The van der Waals surface area contributed by atoms with Crippen molar-refractivity contribution in [3.05, 3.63) is 46.7 Å². The van der Waals surface area contributed by atoms with Crippen LogP contribution in [0.1, 0.15) is 12.6 Å². The largest absolute Gasteiger partial charge is 0.480 e. The van der Waals surface area contributed by atoms with E-state index in [1.54, 1.807) is 23.9 Å². The van der Waals surface area contributed by atoms with Gasteiger partial charge in [-0.2, -0.15) is 0 Å². The van der Waals surface area contributed by atoms with Gasteiger partial charge in [0, 0.05) is 23.7 Å². The minimum absolute atomic E-state index is 0.0660. The molecule has 0 fully saturated rings. The predicted octanol–water partition coefficient (Wildman–Crippen LogP) is 3.87. The summed E-state index contributed by atoms with van der Waals surface area (Å²) in [5.74, 6) is 1.00. The smallest absolute Gasteiger partial charge is 0.174 e. The van der Waals surface area contributed by atoms with Crippen molar-refractivity contribution in [2.24, 2.45) is 0 Å². The zero-order valence-electron chi connectivity index (χ0n) is 9.77. The molecule has 0 radical (unpaired) electrons. The summed E-state index contributed by atoms with van der Waals surface area (Å²) in [4.78, 5) is 5.93. The van der Waals surface area contributed by atoms with Gasteiger partial charge in [0.15, 0.2) is 4.77 Å². The van der Waals surface area contributed by atoms with Crippen molar-refractivity contribution < 1.29 is 9.13 Å². The van der Waals surface area contributed by atoms with Crippen LogP contribution >= 0.6 is 24.0 Å². The van der Waals surface area contributed by atoms with E-state index in [0.717, 1.165) is 11.4 Å². The quantitative estimate of drug-likeness (QED) is 0.647. The second kappa shape index (κ2) is 6.06. The number of hydrogen-bond acceptors (Lipinski definition) is 3. The van der Waals surface area contributed by atoms with Crippen molar-refractivity contribution in [3.63, 3.8) is 0 Å². The number of ether oxygens (including phenoxy) is 1. The Bertz CT molecular complexity index is 567. The van der Waals surface area contributed by atoms with Crippen LogP contribution in [-0.2, 0) is 5.75 Å². The first-order chi connectivity index (χ1) is 8.63. The number of rotatable bonds is 5. The highest BCUT2D eigenvalue weighted by Gasteiger charge is 2.06.